The van der Waals surface area contributed by atoms with Gasteiger partial charge in [-0.05, 0) is 43.6 Å². The predicted molar refractivity (Wildman–Crippen MR) is 81.2 cm³/mol. The Morgan fingerprint density at radius 3 is 2.53 bits per heavy atom. The number of hydrogen-bond donors (Lipinski definition) is 2. The molecule has 0 spiro atoms. The molecule has 2 heteroatoms. The van der Waals surface area contributed by atoms with E-state index in [1.54, 1.807) is 0 Å². The van der Waals surface area contributed by atoms with E-state index in [0.29, 0.717) is 0 Å². The van der Waals surface area contributed by atoms with Gasteiger partial charge in [-0.25, -0.2) is 0 Å². The van der Waals surface area contributed by atoms with E-state index in [2.05, 4.69) is 12.2 Å². The number of aliphatic hydroxyl groups excluding tert-OH is 1. The van der Waals surface area contributed by atoms with Crippen molar-refractivity contribution in [1.29, 1.82) is 0 Å². The molecule has 2 N–H and O–H groups in total. The van der Waals surface area contributed by atoms with E-state index >= 15 is 0 Å². The first-order chi connectivity index (χ1) is 9.24. The summed E-state index contributed by atoms with van der Waals surface area (Å²) < 4.78 is 0. The summed E-state index contributed by atoms with van der Waals surface area (Å²) in [5.74, 6) is 2.67. The zero-order valence-corrected chi connectivity index (χ0v) is 12.7. The zero-order chi connectivity index (χ0) is 13.5. The van der Waals surface area contributed by atoms with Gasteiger partial charge in [0.25, 0.3) is 0 Å². The monoisotopic (exact) mass is 267 g/mol. The molecule has 3 unspecified atom stereocenters. The molecule has 2 aliphatic rings. The molecule has 0 saturated heterocycles. The Kier molecular flexibility index (Phi) is 6.66. The van der Waals surface area contributed by atoms with Crippen LogP contribution >= 0.6 is 0 Å². The fourth-order valence-electron chi connectivity index (χ4n) is 4.11. The van der Waals surface area contributed by atoms with Crippen molar-refractivity contribution in [2.24, 2.45) is 17.8 Å². The van der Waals surface area contributed by atoms with E-state index in [-0.39, 0.29) is 6.10 Å². The third kappa shape index (κ3) is 5.83. The first-order valence-corrected chi connectivity index (χ1v) is 8.63. The van der Waals surface area contributed by atoms with Gasteiger partial charge < -0.3 is 10.4 Å². The quantitative estimate of drug-likeness (QED) is 0.689. The van der Waals surface area contributed by atoms with Crippen LogP contribution in [0.4, 0.5) is 0 Å². The second-order valence-electron chi connectivity index (χ2n) is 7.17. The number of rotatable bonds is 7. The van der Waals surface area contributed by atoms with E-state index in [9.17, 15) is 5.11 Å². The molecular weight excluding hydrogens is 234 g/mol. The minimum absolute atomic E-state index is 0.117. The lowest BCUT2D eigenvalue weighted by atomic mass is 9.81. The Morgan fingerprint density at radius 1 is 1.05 bits per heavy atom. The van der Waals surface area contributed by atoms with Crippen LogP contribution in [-0.4, -0.2) is 24.3 Å². The Morgan fingerprint density at radius 2 is 1.79 bits per heavy atom. The van der Waals surface area contributed by atoms with E-state index < -0.39 is 0 Å². The van der Waals surface area contributed by atoms with E-state index in [0.717, 1.165) is 37.3 Å². The molecule has 0 amide bonds. The first kappa shape index (κ1) is 15.3. The van der Waals surface area contributed by atoms with Crippen LogP contribution < -0.4 is 5.32 Å². The topological polar surface area (TPSA) is 32.3 Å². The third-order valence-corrected chi connectivity index (χ3v) is 5.23. The van der Waals surface area contributed by atoms with E-state index in [4.69, 9.17) is 0 Å². The van der Waals surface area contributed by atoms with Gasteiger partial charge in [0.05, 0.1) is 6.10 Å². The Balaban J connectivity index is 1.48. The van der Waals surface area contributed by atoms with Crippen LogP contribution in [0.2, 0.25) is 0 Å². The largest absolute Gasteiger partial charge is 0.392 e. The maximum absolute atomic E-state index is 10.0. The maximum atomic E-state index is 10.0. The van der Waals surface area contributed by atoms with Crippen molar-refractivity contribution in [1.82, 2.24) is 5.32 Å². The van der Waals surface area contributed by atoms with Crippen LogP contribution in [0.3, 0.4) is 0 Å². The number of nitrogens with one attached hydrogen (secondary N) is 1. The van der Waals surface area contributed by atoms with E-state index in [1.807, 2.05) is 0 Å². The molecule has 2 rings (SSSR count). The van der Waals surface area contributed by atoms with Crippen molar-refractivity contribution in [3.63, 3.8) is 0 Å². The van der Waals surface area contributed by atoms with Crippen LogP contribution in [0.1, 0.15) is 71.1 Å². The fourth-order valence-corrected chi connectivity index (χ4v) is 4.11. The summed E-state index contributed by atoms with van der Waals surface area (Å²) in [5.41, 5.74) is 0. The summed E-state index contributed by atoms with van der Waals surface area (Å²) in [6.07, 6.45) is 13.4. The summed E-state index contributed by atoms with van der Waals surface area (Å²) in [4.78, 5) is 0. The molecule has 2 saturated carbocycles. The molecule has 0 aromatic rings. The average Bonchev–Trinajstić information content (AvgIpc) is 2.87. The van der Waals surface area contributed by atoms with Gasteiger partial charge >= 0.3 is 0 Å². The predicted octanol–water partition coefficient (Wildman–Crippen LogP) is 3.73. The minimum Gasteiger partial charge on any atom is -0.392 e. The lowest BCUT2D eigenvalue weighted by Crippen LogP contribution is -2.30. The third-order valence-electron chi connectivity index (χ3n) is 5.23. The van der Waals surface area contributed by atoms with Gasteiger partial charge in [-0.15, -0.1) is 0 Å². The van der Waals surface area contributed by atoms with Crippen molar-refractivity contribution in [2.75, 3.05) is 13.1 Å². The van der Waals surface area contributed by atoms with Gasteiger partial charge in [-0.3, -0.25) is 0 Å². The molecule has 19 heavy (non-hydrogen) atoms. The Hall–Kier alpha value is -0.0800. The summed E-state index contributed by atoms with van der Waals surface area (Å²) in [7, 11) is 0. The molecular formula is C17H33NO. The molecule has 2 aliphatic carbocycles. The van der Waals surface area contributed by atoms with Crippen molar-refractivity contribution in [3.05, 3.63) is 0 Å². The molecule has 0 radical (unpaired) electrons. The lowest BCUT2D eigenvalue weighted by Gasteiger charge is -2.26. The minimum atomic E-state index is -0.117. The molecule has 2 nitrogen and oxygen atoms in total. The first-order valence-electron chi connectivity index (χ1n) is 8.63. The van der Waals surface area contributed by atoms with Crippen molar-refractivity contribution in [2.45, 2.75) is 77.2 Å². The molecule has 0 heterocycles. The highest BCUT2D eigenvalue weighted by Crippen LogP contribution is 2.30. The van der Waals surface area contributed by atoms with Gasteiger partial charge in [-0.2, -0.15) is 0 Å². The van der Waals surface area contributed by atoms with Crippen LogP contribution in [0.25, 0.3) is 0 Å². The average molecular weight is 267 g/mol. The van der Waals surface area contributed by atoms with Crippen molar-refractivity contribution >= 4 is 0 Å². The maximum Gasteiger partial charge on any atom is 0.0667 e. The zero-order valence-electron chi connectivity index (χ0n) is 12.7. The molecule has 2 fully saturated rings. The van der Waals surface area contributed by atoms with Gasteiger partial charge in [0.2, 0.25) is 0 Å². The SMILES string of the molecule is CC1CCCC(CCNCC(O)CC2CCCC2)C1. The molecule has 0 bridgehead atoms. The normalized spacial score (nSPS) is 30.6. The second kappa shape index (κ2) is 8.26. The van der Waals surface area contributed by atoms with Crippen LogP contribution in [-0.2, 0) is 0 Å². The van der Waals surface area contributed by atoms with Gasteiger partial charge in [0, 0.05) is 6.54 Å². The highest BCUT2D eigenvalue weighted by atomic mass is 16.3. The molecule has 0 aromatic carbocycles. The highest BCUT2D eigenvalue weighted by Gasteiger charge is 2.20. The lowest BCUT2D eigenvalue weighted by molar-refractivity contribution is 0.139. The molecule has 3 atom stereocenters. The number of aliphatic hydroxyl groups is 1. The Labute approximate surface area is 119 Å². The van der Waals surface area contributed by atoms with Crippen LogP contribution in [0.5, 0.6) is 0 Å². The van der Waals surface area contributed by atoms with Crippen LogP contribution in [0.15, 0.2) is 0 Å². The fraction of sp³-hybridized carbons (Fsp3) is 1.00. The van der Waals surface area contributed by atoms with Crippen molar-refractivity contribution < 1.29 is 5.11 Å². The standard InChI is InChI=1S/C17H33NO/c1-14-5-4-8-16(11-14)9-10-18-13-17(19)12-15-6-2-3-7-15/h14-19H,2-13H2,1H3. The van der Waals surface area contributed by atoms with E-state index in [1.165, 1.54) is 57.8 Å². The molecule has 112 valence electrons. The number of hydrogen-bond acceptors (Lipinski definition) is 2. The van der Waals surface area contributed by atoms with Gasteiger partial charge in [0.15, 0.2) is 0 Å². The highest BCUT2D eigenvalue weighted by molar-refractivity contribution is 4.74. The molecule has 0 aliphatic heterocycles. The van der Waals surface area contributed by atoms with Crippen molar-refractivity contribution in [3.8, 4) is 0 Å². The smallest absolute Gasteiger partial charge is 0.0667 e. The summed E-state index contributed by atoms with van der Waals surface area (Å²) in [5, 5.41) is 13.5. The summed E-state index contributed by atoms with van der Waals surface area (Å²) in [6.45, 7) is 4.29. The second-order valence-corrected chi connectivity index (χ2v) is 7.17. The van der Waals surface area contributed by atoms with Gasteiger partial charge in [0.1, 0.15) is 0 Å². The summed E-state index contributed by atoms with van der Waals surface area (Å²) in [6, 6.07) is 0. The Bertz CT molecular complexity index is 237. The summed E-state index contributed by atoms with van der Waals surface area (Å²) >= 11 is 0. The van der Waals surface area contributed by atoms with Crippen LogP contribution in [0, 0.1) is 17.8 Å². The molecule has 0 aromatic heterocycles. The van der Waals surface area contributed by atoms with Gasteiger partial charge in [-0.1, -0.05) is 51.9 Å².